The van der Waals surface area contributed by atoms with Crippen LogP contribution in [-0.4, -0.2) is 67.3 Å². The van der Waals surface area contributed by atoms with Gasteiger partial charge < -0.3 is 9.80 Å². The maximum absolute atomic E-state index is 14.2. The number of rotatable bonds is 10. The first-order valence-electron chi connectivity index (χ1n) is 16.8. The molecule has 1 aliphatic heterocycles. The van der Waals surface area contributed by atoms with Crippen LogP contribution in [0.3, 0.4) is 0 Å². The van der Waals surface area contributed by atoms with E-state index in [9.17, 15) is 9.59 Å². The molecule has 41 heavy (non-hydrogen) atoms. The van der Waals surface area contributed by atoms with Gasteiger partial charge >= 0.3 is 0 Å². The summed E-state index contributed by atoms with van der Waals surface area (Å²) in [4.78, 5) is 34.6. The number of carbonyl (C=O) groups is 2. The first-order chi connectivity index (χ1) is 19.7. The molecule has 0 radical (unpaired) electrons. The summed E-state index contributed by atoms with van der Waals surface area (Å²) in [7, 11) is 8.68. The smallest absolute Gasteiger partial charge is 0.233 e. The molecule has 226 valence electrons. The Kier molecular flexibility index (Phi) is 9.63. The fraction of sp³-hybridized carbons (Fsp3) is 0.722. The molecule has 0 aromatic heterocycles. The Bertz CT molecular complexity index is 1130. The number of piperidine rings is 1. The normalized spacial score (nSPS) is 31.0. The van der Waals surface area contributed by atoms with Crippen molar-refractivity contribution in [2.75, 3.05) is 34.7 Å². The van der Waals surface area contributed by atoms with E-state index < -0.39 is 0 Å². The second-order valence-electron chi connectivity index (χ2n) is 14.0. The van der Waals surface area contributed by atoms with E-state index in [-0.39, 0.29) is 29.6 Å². The lowest BCUT2D eigenvalue weighted by Crippen LogP contribution is -2.57. The molecular weight excluding hydrogens is 506 g/mol. The van der Waals surface area contributed by atoms with Crippen molar-refractivity contribution in [3.8, 4) is 0 Å². The molecular formula is C36H55N3O2. The lowest BCUT2D eigenvalue weighted by Gasteiger charge is -2.50. The Labute approximate surface area is 249 Å². The fourth-order valence-electron chi connectivity index (χ4n) is 8.58. The summed E-state index contributed by atoms with van der Waals surface area (Å²) >= 11 is 0. The number of nitrogens with zero attached hydrogens (tertiary/aromatic N) is 3. The molecule has 6 unspecified atom stereocenters. The topological polar surface area (TPSA) is 43.9 Å². The number of hydrogen-bond acceptors (Lipinski definition) is 4. The summed E-state index contributed by atoms with van der Waals surface area (Å²) in [5.74, 6) is 1.14. The quantitative estimate of drug-likeness (QED) is 0.266. The molecule has 0 saturated carbocycles. The average molecular weight is 562 g/mol. The number of carbonyl (C=O) groups excluding carboxylic acids is 2. The van der Waals surface area contributed by atoms with Crippen molar-refractivity contribution in [3.63, 3.8) is 0 Å². The molecule has 5 nitrogen and oxygen atoms in total. The highest BCUT2D eigenvalue weighted by molar-refractivity contribution is 6.01. The third kappa shape index (κ3) is 6.03. The zero-order valence-corrected chi connectivity index (χ0v) is 26.8. The molecule has 5 heteroatoms. The van der Waals surface area contributed by atoms with Gasteiger partial charge in [0.15, 0.2) is 0 Å². The summed E-state index contributed by atoms with van der Waals surface area (Å²) in [5.41, 5.74) is 7.33. The van der Waals surface area contributed by atoms with E-state index in [4.69, 9.17) is 0 Å². The van der Waals surface area contributed by atoms with E-state index in [0.29, 0.717) is 24.4 Å². The highest BCUT2D eigenvalue weighted by atomic mass is 16.2. The minimum absolute atomic E-state index is 0.0426. The van der Waals surface area contributed by atoms with Gasteiger partial charge in [-0.1, -0.05) is 56.9 Å². The van der Waals surface area contributed by atoms with Crippen molar-refractivity contribution >= 4 is 11.8 Å². The van der Waals surface area contributed by atoms with E-state index in [2.05, 4.69) is 70.1 Å². The molecule has 5 rings (SSSR count). The van der Waals surface area contributed by atoms with Crippen LogP contribution in [-0.2, 0) is 9.59 Å². The summed E-state index contributed by atoms with van der Waals surface area (Å²) in [6, 6.07) is 0.599. The maximum Gasteiger partial charge on any atom is 0.233 e. The van der Waals surface area contributed by atoms with Crippen LogP contribution >= 0.6 is 0 Å². The van der Waals surface area contributed by atoms with Crippen LogP contribution in [0.1, 0.15) is 97.3 Å². The SMILES string of the molecule is CCCCC(CC)CN1C(=O)C2CC=C(C3=CCC(N(C)C)CC3)C3=C(C4CC=C(N(C)C)CC4)CCC(C1=O)C32. The standard InChI is InChI=1S/C36H55N3O2/c1-7-9-10-24(8-2)23-39-35(40)31-21-19-29(25-11-15-27(16-12-25)37(3)4)33-30(20-22-32(34(31)33)36(39)41)26-13-17-28(18-14-26)38(5)6/h11,17,19,24,26-27,31-32,34H,7-10,12-16,18,20-23H2,1-6H3. The van der Waals surface area contributed by atoms with E-state index in [1.54, 1.807) is 10.5 Å². The van der Waals surface area contributed by atoms with Gasteiger partial charge in [-0.25, -0.2) is 0 Å². The van der Waals surface area contributed by atoms with Crippen molar-refractivity contribution in [3.05, 3.63) is 46.2 Å². The maximum atomic E-state index is 14.2. The predicted molar refractivity (Wildman–Crippen MR) is 168 cm³/mol. The van der Waals surface area contributed by atoms with Gasteiger partial charge in [0.05, 0.1) is 0 Å². The van der Waals surface area contributed by atoms with E-state index in [1.807, 2.05) is 0 Å². The first-order valence-corrected chi connectivity index (χ1v) is 16.8. The molecule has 1 saturated heterocycles. The predicted octanol–water partition coefficient (Wildman–Crippen LogP) is 7.13. The summed E-state index contributed by atoms with van der Waals surface area (Å²) in [6.07, 6.45) is 21.2. The van der Waals surface area contributed by atoms with E-state index in [1.165, 1.54) is 41.7 Å². The Hall–Kier alpha value is -2.14. The van der Waals surface area contributed by atoms with Gasteiger partial charge in [-0.05, 0) is 107 Å². The molecule has 6 atom stereocenters. The van der Waals surface area contributed by atoms with Gasteiger partial charge in [-0.2, -0.15) is 0 Å². The van der Waals surface area contributed by atoms with Crippen LogP contribution in [0.2, 0.25) is 0 Å². The number of hydrogen-bond donors (Lipinski definition) is 0. The zero-order valence-electron chi connectivity index (χ0n) is 26.8. The summed E-state index contributed by atoms with van der Waals surface area (Å²) in [5, 5.41) is 0. The van der Waals surface area contributed by atoms with Crippen LogP contribution < -0.4 is 0 Å². The number of unbranched alkanes of at least 4 members (excludes halogenated alkanes) is 1. The number of amides is 2. The summed E-state index contributed by atoms with van der Waals surface area (Å²) in [6.45, 7) is 5.05. The van der Waals surface area contributed by atoms with Gasteiger partial charge in [-0.3, -0.25) is 14.5 Å². The van der Waals surface area contributed by atoms with Crippen LogP contribution in [0, 0.1) is 29.6 Å². The molecule has 1 fully saturated rings. The summed E-state index contributed by atoms with van der Waals surface area (Å²) < 4.78 is 0. The largest absolute Gasteiger partial charge is 0.381 e. The molecule has 0 aromatic rings. The van der Waals surface area contributed by atoms with E-state index in [0.717, 1.165) is 64.2 Å². The number of allylic oxidation sites excluding steroid dienone is 7. The highest BCUT2D eigenvalue weighted by Crippen LogP contribution is 2.55. The lowest BCUT2D eigenvalue weighted by molar-refractivity contribution is -0.160. The van der Waals surface area contributed by atoms with Crippen molar-refractivity contribution in [2.24, 2.45) is 29.6 Å². The third-order valence-corrected chi connectivity index (χ3v) is 11.2. The monoisotopic (exact) mass is 561 g/mol. The van der Waals surface area contributed by atoms with Gasteiger partial charge in [0.25, 0.3) is 0 Å². The zero-order chi connectivity index (χ0) is 29.3. The Balaban J connectivity index is 1.51. The second-order valence-corrected chi connectivity index (χ2v) is 14.0. The Morgan fingerprint density at radius 2 is 1.66 bits per heavy atom. The van der Waals surface area contributed by atoms with Crippen molar-refractivity contribution < 1.29 is 9.59 Å². The van der Waals surface area contributed by atoms with E-state index >= 15 is 0 Å². The molecule has 0 bridgehead atoms. The van der Waals surface area contributed by atoms with Crippen LogP contribution in [0.15, 0.2) is 46.2 Å². The van der Waals surface area contributed by atoms with Crippen LogP contribution in [0.4, 0.5) is 0 Å². The van der Waals surface area contributed by atoms with Gasteiger partial charge in [0.2, 0.25) is 11.8 Å². The minimum atomic E-state index is -0.0781. The van der Waals surface area contributed by atoms with Gasteiger partial charge in [-0.15, -0.1) is 0 Å². The van der Waals surface area contributed by atoms with Crippen molar-refractivity contribution in [2.45, 2.75) is 103 Å². The van der Waals surface area contributed by atoms with Gasteiger partial charge in [0.1, 0.15) is 0 Å². The molecule has 2 amide bonds. The van der Waals surface area contributed by atoms with Gasteiger partial charge in [0, 0.05) is 50.1 Å². The van der Waals surface area contributed by atoms with Crippen LogP contribution in [0.5, 0.6) is 0 Å². The molecule has 4 aliphatic carbocycles. The first kappa shape index (κ1) is 30.3. The Morgan fingerprint density at radius 3 is 2.27 bits per heavy atom. The molecule has 0 N–H and O–H groups in total. The lowest BCUT2D eigenvalue weighted by atomic mass is 9.58. The third-order valence-electron chi connectivity index (χ3n) is 11.2. The molecule has 0 spiro atoms. The number of likely N-dealkylation sites (tertiary alicyclic amines) is 1. The fourth-order valence-corrected chi connectivity index (χ4v) is 8.58. The second kappa shape index (κ2) is 13.0. The molecule has 1 heterocycles. The van der Waals surface area contributed by atoms with Crippen molar-refractivity contribution in [1.82, 2.24) is 14.7 Å². The Morgan fingerprint density at radius 1 is 0.878 bits per heavy atom. The van der Waals surface area contributed by atoms with Crippen LogP contribution in [0.25, 0.3) is 0 Å². The van der Waals surface area contributed by atoms with Crippen molar-refractivity contribution in [1.29, 1.82) is 0 Å². The average Bonchev–Trinajstić information content (AvgIpc) is 2.99. The number of imide groups is 1. The highest BCUT2D eigenvalue weighted by Gasteiger charge is 2.53. The minimum Gasteiger partial charge on any atom is -0.381 e. The molecule has 0 aromatic carbocycles. The molecule has 5 aliphatic rings.